The van der Waals surface area contributed by atoms with Gasteiger partial charge in [-0.2, -0.15) is 0 Å². The summed E-state index contributed by atoms with van der Waals surface area (Å²) < 4.78 is 0. The van der Waals surface area contributed by atoms with Gasteiger partial charge >= 0.3 is 0 Å². The van der Waals surface area contributed by atoms with Crippen LogP contribution in [0.2, 0.25) is 0 Å². The summed E-state index contributed by atoms with van der Waals surface area (Å²) in [7, 11) is 0. The number of nitrogens with one attached hydrogen (secondary N) is 1. The molecule has 6 heteroatoms. The Kier molecular flexibility index (Phi) is 65.1. The maximum atomic E-state index is 12.7. The third-order valence-electron chi connectivity index (χ3n) is 16.8. The average molecular weight is 1100 g/mol. The molecule has 0 aliphatic carbocycles. The molecule has 0 aromatic rings. The van der Waals surface area contributed by atoms with Gasteiger partial charge in [-0.05, 0) is 64.2 Å². The monoisotopic (exact) mass is 1100 g/mol. The molecule has 0 saturated heterocycles. The van der Waals surface area contributed by atoms with Crippen LogP contribution in [0.4, 0.5) is 0 Å². The second-order valence-corrected chi connectivity index (χ2v) is 24.6. The number of carbonyl (C=O) groups excluding carboxylic acids is 1. The Hall–Kier alpha value is -1.47. The van der Waals surface area contributed by atoms with Gasteiger partial charge < -0.3 is 25.7 Å². The quantitative estimate of drug-likeness (QED) is 0.0308. The first kappa shape index (κ1) is 76.5. The zero-order valence-corrected chi connectivity index (χ0v) is 52.7. The van der Waals surface area contributed by atoms with Crippen LogP contribution in [0.1, 0.15) is 386 Å². The third-order valence-corrected chi connectivity index (χ3v) is 16.8. The van der Waals surface area contributed by atoms with Gasteiger partial charge in [-0.3, -0.25) is 4.79 Å². The van der Waals surface area contributed by atoms with Gasteiger partial charge in [-0.15, -0.1) is 0 Å². The van der Waals surface area contributed by atoms with E-state index in [2.05, 4.69) is 55.6 Å². The van der Waals surface area contributed by atoms with Gasteiger partial charge in [0.15, 0.2) is 0 Å². The molecular weight excluding hydrogens is 959 g/mol. The van der Waals surface area contributed by atoms with Crippen molar-refractivity contribution in [3.05, 3.63) is 36.5 Å². The summed E-state index contributed by atoms with van der Waals surface area (Å²) in [4.78, 5) is 12.7. The largest absolute Gasteiger partial charge is 0.394 e. The van der Waals surface area contributed by atoms with Crippen molar-refractivity contribution < 1.29 is 25.2 Å². The fourth-order valence-corrected chi connectivity index (χ4v) is 11.3. The molecule has 0 spiro atoms. The van der Waals surface area contributed by atoms with E-state index in [4.69, 9.17) is 0 Å². The molecule has 0 fully saturated rings. The van der Waals surface area contributed by atoms with E-state index in [1.807, 2.05) is 0 Å². The molecule has 6 nitrogen and oxygen atoms in total. The standard InChI is InChI=1S/C72H139NO5/c1-3-5-7-9-11-13-15-17-19-21-23-25-27-29-31-33-35-37-39-41-43-45-47-49-51-53-55-57-59-61-63-65-69(75)71(77)68(67-74)73-72(78)70(76)66-64-62-60-58-56-54-52-50-48-46-44-42-40-38-36-34-32-30-28-26-24-22-20-18-16-14-12-10-8-6-4-2/h41,43,49,51,57,59,68-71,74-77H,3-40,42,44-48,50,52-56,58,60-67H2,1-2H3,(H,73,78)/b43-41+,51-49+,59-57+. The first-order chi connectivity index (χ1) is 38.5. The number of allylic oxidation sites excluding steroid dienone is 6. The predicted molar refractivity (Wildman–Crippen MR) is 344 cm³/mol. The van der Waals surface area contributed by atoms with E-state index < -0.39 is 36.9 Å². The van der Waals surface area contributed by atoms with Crippen molar-refractivity contribution in [3.8, 4) is 0 Å². The van der Waals surface area contributed by atoms with Crippen molar-refractivity contribution in [2.75, 3.05) is 6.61 Å². The Morgan fingerprint density at radius 2 is 0.538 bits per heavy atom. The van der Waals surface area contributed by atoms with Crippen LogP contribution in [0, 0.1) is 0 Å². The van der Waals surface area contributed by atoms with Crippen molar-refractivity contribution in [2.45, 2.75) is 411 Å². The number of carbonyl (C=O) groups is 1. The summed E-state index contributed by atoms with van der Waals surface area (Å²) in [5, 5.41) is 44.2. The molecule has 0 heterocycles. The van der Waals surface area contributed by atoms with Crippen molar-refractivity contribution in [2.24, 2.45) is 0 Å². The molecule has 0 radical (unpaired) electrons. The Balaban J connectivity index is 3.60. The molecule has 4 unspecified atom stereocenters. The molecule has 0 aromatic heterocycles. The van der Waals surface area contributed by atoms with E-state index in [9.17, 15) is 25.2 Å². The number of amides is 1. The Morgan fingerprint density at radius 3 is 0.808 bits per heavy atom. The zero-order chi connectivity index (χ0) is 56.6. The fraction of sp³-hybridized carbons (Fsp3) is 0.903. The van der Waals surface area contributed by atoms with Gasteiger partial charge in [0, 0.05) is 0 Å². The Morgan fingerprint density at radius 1 is 0.308 bits per heavy atom. The van der Waals surface area contributed by atoms with Crippen LogP contribution in [0.3, 0.4) is 0 Å². The summed E-state index contributed by atoms with van der Waals surface area (Å²) in [5.41, 5.74) is 0. The Labute approximate surface area is 487 Å². The van der Waals surface area contributed by atoms with Gasteiger partial charge in [0.2, 0.25) is 5.91 Å². The van der Waals surface area contributed by atoms with Crippen LogP contribution in [0.5, 0.6) is 0 Å². The molecule has 0 rings (SSSR count). The summed E-state index contributed by atoms with van der Waals surface area (Å²) in [6.45, 7) is 4.09. The minimum absolute atomic E-state index is 0.362. The molecule has 0 bridgehead atoms. The first-order valence-corrected chi connectivity index (χ1v) is 35.4. The number of aliphatic hydroxyl groups excluding tert-OH is 4. The number of hydrogen-bond donors (Lipinski definition) is 5. The molecule has 78 heavy (non-hydrogen) atoms. The van der Waals surface area contributed by atoms with Crippen LogP contribution in [0.25, 0.3) is 0 Å². The SMILES string of the molecule is CCCCCCCCCCCCCCCCCCCC/C=C/CC/C=C/CC/C=C/CCCC(O)C(O)C(CO)NC(=O)C(O)CCCCCCCCCCCCCCCCCCCCCCCCCCCCCCCCC. The summed E-state index contributed by atoms with van der Waals surface area (Å²) in [6.07, 6.45) is 85.7. The maximum Gasteiger partial charge on any atom is 0.249 e. The van der Waals surface area contributed by atoms with Gasteiger partial charge in [0.05, 0.1) is 18.8 Å². The molecule has 0 aromatic carbocycles. The fourth-order valence-electron chi connectivity index (χ4n) is 11.3. The highest BCUT2D eigenvalue weighted by Crippen LogP contribution is 2.19. The average Bonchev–Trinajstić information content (AvgIpc) is 3.45. The minimum atomic E-state index is -1.29. The lowest BCUT2D eigenvalue weighted by atomic mass is 10.00. The first-order valence-electron chi connectivity index (χ1n) is 35.4. The lowest BCUT2D eigenvalue weighted by Gasteiger charge is -2.27. The number of aliphatic hydroxyl groups is 4. The van der Waals surface area contributed by atoms with E-state index in [1.54, 1.807) is 0 Å². The topological polar surface area (TPSA) is 110 Å². The smallest absolute Gasteiger partial charge is 0.249 e. The van der Waals surface area contributed by atoms with E-state index in [0.717, 1.165) is 51.4 Å². The minimum Gasteiger partial charge on any atom is -0.394 e. The highest BCUT2D eigenvalue weighted by molar-refractivity contribution is 5.80. The lowest BCUT2D eigenvalue weighted by molar-refractivity contribution is -0.132. The number of unbranched alkanes of at least 4 members (excludes halogenated alkanes) is 51. The molecule has 1 amide bonds. The van der Waals surface area contributed by atoms with E-state index in [0.29, 0.717) is 19.3 Å². The van der Waals surface area contributed by atoms with Crippen molar-refractivity contribution in [1.29, 1.82) is 0 Å². The Bertz CT molecular complexity index is 1230. The zero-order valence-electron chi connectivity index (χ0n) is 52.7. The van der Waals surface area contributed by atoms with Crippen molar-refractivity contribution >= 4 is 5.91 Å². The highest BCUT2D eigenvalue weighted by Gasteiger charge is 2.28. The maximum absolute atomic E-state index is 12.7. The van der Waals surface area contributed by atoms with Gasteiger partial charge in [-0.25, -0.2) is 0 Å². The van der Waals surface area contributed by atoms with Crippen LogP contribution in [-0.4, -0.2) is 57.3 Å². The summed E-state index contributed by atoms with van der Waals surface area (Å²) >= 11 is 0. The third kappa shape index (κ3) is 59.2. The molecule has 462 valence electrons. The number of rotatable bonds is 66. The van der Waals surface area contributed by atoms with Gasteiger partial charge in [-0.1, -0.05) is 359 Å². The van der Waals surface area contributed by atoms with Gasteiger partial charge in [0.25, 0.3) is 0 Å². The highest BCUT2D eigenvalue weighted by atomic mass is 16.3. The van der Waals surface area contributed by atoms with Crippen LogP contribution in [-0.2, 0) is 4.79 Å². The van der Waals surface area contributed by atoms with Crippen molar-refractivity contribution in [1.82, 2.24) is 5.32 Å². The predicted octanol–water partition coefficient (Wildman–Crippen LogP) is 21.9. The molecule has 0 aliphatic rings. The molecular formula is C72H139NO5. The van der Waals surface area contributed by atoms with E-state index in [-0.39, 0.29) is 0 Å². The molecule has 4 atom stereocenters. The van der Waals surface area contributed by atoms with E-state index >= 15 is 0 Å². The summed E-state index contributed by atoms with van der Waals surface area (Å²) in [5.74, 6) is -0.592. The van der Waals surface area contributed by atoms with Crippen LogP contribution >= 0.6 is 0 Å². The second kappa shape index (κ2) is 66.3. The van der Waals surface area contributed by atoms with E-state index in [1.165, 1.54) is 302 Å². The normalized spacial score (nSPS) is 13.7. The van der Waals surface area contributed by atoms with Crippen LogP contribution in [0.15, 0.2) is 36.5 Å². The molecule has 0 saturated carbocycles. The molecule has 0 aliphatic heterocycles. The van der Waals surface area contributed by atoms with Gasteiger partial charge in [0.1, 0.15) is 12.2 Å². The second-order valence-electron chi connectivity index (χ2n) is 24.6. The molecule has 5 N–H and O–H groups in total. The number of hydrogen-bond acceptors (Lipinski definition) is 5. The summed E-state index contributed by atoms with van der Waals surface area (Å²) in [6, 6.07) is -1.01. The van der Waals surface area contributed by atoms with Crippen molar-refractivity contribution in [3.63, 3.8) is 0 Å². The van der Waals surface area contributed by atoms with Crippen LogP contribution < -0.4 is 5.32 Å². The lowest BCUT2D eigenvalue weighted by Crippen LogP contribution is -2.53.